The van der Waals surface area contributed by atoms with Gasteiger partial charge >= 0.3 is 0 Å². The van der Waals surface area contributed by atoms with Gasteiger partial charge in [-0.3, -0.25) is 9.59 Å². The van der Waals surface area contributed by atoms with Crippen LogP contribution in [-0.2, 0) is 20.8 Å². The van der Waals surface area contributed by atoms with E-state index in [1.165, 1.54) is 4.90 Å². The van der Waals surface area contributed by atoms with Gasteiger partial charge in [-0.05, 0) is 49.8 Å². The number of carbonyl (C=O) groups excluding carboxylic acids is 3. The van der Waals surface area contributed by atoms with Gasteiger partial charge in [-0.25, -0.2) is 0 Å². The predicted octanol–water partition coefficient (Wildman–Crippen LogP) is -2.82. The number of quaternary nitrogens is 2. The van der Waals surface area contributed by atoms with Crippen molar-refractivity contribution < 1.29 is 36.1 Å². The molecule has 1 aromatic carbocycles. The van der Waals surface area contributed by atoms with Crippen LogP contribution in [0.15, 0.2) is 24.3 Å². The Kier molecular flexibility index (Phi) is 8.41. The van der Waals surface area contributed by atoms with E-state index < -0.39 is 30.0 Å². The Morgan fingerprint density at radius 1 is 1.24 bits per heavy atom. The molecule has 1 aromatic rings. The minimum atomic E-state index is -1.32. The molecule has 9 nitrogen and oxygen atoms in total. The summed E-state index contributed by atoms with van der Waals surface area (Å²) in [7, 11) is 0. The van der Waals surface area contributed by atoms with Crippen molar-refractivity contribution in [2.45, 2.75) is 56.7 Å². The molecule has 0 radical (unpaired) electrons. The zero-order valence-corrected chi connectivity index (χ0v) is 16.6. The van der Waals surface area contributed by atoms with E-state index in [-0.39, 0.29) is 18.1 Å². The van der Waals surface area contributed by atoms with Crippen molar-refractivity contribution in [2.75, 3.05) is 13.1 Å². The molecular weight excluding hydrogens is 376 g/mol. The molecule has 29 heavy (non-hydrogen) atoms. The second kappa shape index (κ2) is 10.8. The number of phenolic OH excluding ortho intramolecular Hbond substituents is 1. The number of aliphatic carboxylic acids is 1. The normalized spacial score (nSPS) is 18.3. The Morgan fingerprint density at radius 2 is 1.93 bits per heavy atom. The fraction of sp³-hybridized carbons (Fsp3) is 0.550. The Bertz CT molecular complexity index is 709. The van der Waals surface area contributed by atoms with Crippen LogP contribution in [0, 0.1) is 0 Å². The van der Waals surface area contributed by atoms with E-state index in [0.29, 0.717) is 38.8 Å². The number of hydrogen-bond acceptors (Lipinski definition) is 5. The van der Waals surface area contributed by atoms with Crippen LogP contribution in [0.1, 0.15) is 37.7 Å². The molecule has 2 amide bonds. The zero-order valence-electron chi connectivity index (χ0n) is 16.6. The van der Waals surface area contributed by atoms with Crippen molar-refractivity contribution in [1.29, 1.82) is 0 Å². The number of likely N-dealkylation sites (tertiary alicyclic amines) is 1. The lowest BCUT2D eigenvalue weighted by atomic mass is 10.0. The Hall–Kier alpha value is -2.65. The van der Waals surface area contributed by atoms with Gasteiger partial charge in [0, 0.05) is 13.0 Å². The Morgan fingerprint density at radius 3 is 2.55 bits per heavy atom. The number of carboxylic acids is 1. The number of amides is 2. The minimum absolute atomic E-state index is 0.148. The van der Waals surface area contributed by atoms with Crippen LogP contribution in [-0.4, -0.2) is 59.0 Å². The van der Waals surface area contributed by atoms with E-state index in [4.69, 9.17) is 0 Å². The average molecular weight is 407 g/mol. The van der Waals surface area contributed by atoms with Gasteiger partial charge in [0.05, 0.1) is 18.6 Å². The highest BCUT2D eigenvalue weighted by atomic mass is 16.4. The maximum absolute atomic E-state index is 12.9. The lowest BCUT2D eigenvalue weighted by Crippen LogP contribution is -2.69. The van der Waals surface area contributed by atoms with Crippen molar-refractivity contribution in [3.63, 3.8) is 0 Å². The summed E-state index contributed by atoms with van der Waals surface area (Å²) in [5.41, 5.74) is 8.52. The number of aromatic hydroxyl groups is 1. The summed E-state index contributed by atoms with van der Waals surface area (Å²) in [5.74, 6) is -1.87. The fourth-order valence-electron chi connectivity index (χ4n) is 3.58. The van der Waals surface area contributed by atoms with Crippen LogP contribution in [0.3, 0.4) is 0 Å². The third kappa shape index (κ3) is 6.43. The molecule has 3 atom stereocenters. The second-order valence-corrected chi connectivity index (χ2v) is 7.49. The lowest BCUT2D eigenvalue weighted by molar-refractivity contribution is -0.405. The monoisotopic (exact) mass is 407 g/mol. The minimum Gasteiger partial charge on any atom is -0.548 e. The first-order valence-electron chi connectivity index (χ1n) is 10.1. The van der Waals surface area contributed by atoms with E-state index in [1.54, 1.807) is 24.3 Å². The number of unbranched alkanes of at least 4 members (excludes halogenated alkanes) is 1. The molecule has 9 heteroatoms. The SMILES string of the molecule is [NH3+]CCCC[C@H](NC(=O)[C@@H]1CCCN1C(=O)[C@@H]([NH3+])Cc1ccc(O)cc1)C(=O)[O-]. The Balaban J connectivity index is 1.97. The number of nitrogens with zero attached hydrogens (tertiary/aromatic N) is 1. The lowest BCUT2D eigenvalue weighted by Gasteiger charge is -2.28. The molecule has 0 aliphatic carbocycles. The van der Waals surface area contributed by atoms with Crippen LogP contribution < -0.4 is 21.9 Å². The summed E-state index contributed by atoms with van der Waals surface area (Å²) >= 11 is 0. The molecule has 1 heterocycles. The van der Waals surface area contributed by atoms with Crippen LogP contribution in [0.25, 0.3) is 0 Å². The fourth-order valence-corrected chi connectivity index (χ4v) is 3.58. The summed E-state index contributed by atoms with van der Waals surface area (Å²) in [5, 5.41) is 23.2. The van der Waals surface area contributed by atoms with E-state index in [2.05, 4.69) is 16.8 Å². The smallest absolute Gasteiger partial charge is 0.281 e. The molecule has 0 spiro atoms. The first-order chi connectivity index (χ1) is 13.8. The number of carbonyl (C=O) groups is 3. The summed E-state index contributed by atoms with van der Waals surface area (Å²) in [4.78, 5) is 38.4. The summed E-state index contributed by atoms with van der Waals surface area (Å²) in [6.45, 7) is 1.14. The first-order valence-corrected chi connectivity index (χ1v) is 10.1. The van der Waals surface area contributed by atoms with Gasteiger partial charge in [0.15, 0.2) is 6.04 Å². The number of phenols is 1. The maximum atomic E-state index is 12.9. The van der Waals surface area contributed by atoms with E-state index in [1.807, 2.05) is 0 Å². The van der Waals surface area contributed by atoms with Crippen LogP contribution >= 0.6 is 0 Å². The number of carboxylic acid groups (broad SMARTS) is 1. The van der Waals surface area contributed by atoms with Gasteiger partial charge in [0.2, 0.25) is 5.91 Å². The number of hydrogen-bond donors (Lipinski definition) is 4. The van der Waals surface area contributed by atoms with Gasteiger partial charge in [-0.1, -0.05) is 12.1 Å². The molecule has 8 N–H and O–H groups in total. The van der Waals surface area contributed by atoms with Crippen molar-refractivity contribution in [3.8, 4) is 5.75 Å². The van der Waals surface area contributed by atoms with Gasteiger partial charge in [-0.15, -0.1) is 0 Å². The summed E-state index contributed by atoms with van der Waals surface area (Å²) in [6.07, 6.45) is 3.23. The quantitative estimate of drug-likeness (QED) is 0.307. The summed E-state index contributed by atoms with van der Waals surface area (Å²) < 4.78 is 0. The third-order valence-corrected chi connectivity index (χ3v) is 5.20. The molecule has 1 aliphatic heterocycles. The molecule has 160 valence electrons. The highest BCUT2D eigenvalue weighted by molar-refractivity contribution is 5.91. The molecule has 0 unspecified atom stereocenters. The zero-order chi connectivity index (χ0) is 21.4. The van der Waals surface area contributed by atoms with Gasteiger partial charge in [0.1, 0.15) is 11.8 Å². The average Bonchev–Trinajstić information content (AvgIpc) is 3.18. The van der Waals surface area contributed by atoms with Crippen LogP contribution in [0.5, 0.6) is 5.75 Å². The Labute approximate surface area is 170 Å². The molecule has 0 aromatic heterocycles. The third-order valence-electron chi connectivity index (χ3n) is 5.20. The van der Waals surface area contributed by atoms with Crippen molar-refractivity contribution in [1.82, 2.24) is 10.2 Å². The number of benzene rings is 1. The molecular formula is C20H31N4O5+. The molecule has 1 fully saturated rings. The standard InChI is InChI=1S/C20H30N4O5/c21-10-2-1-4-16(20(28)29)23-18(26)17-5-3-11-24(17)19(27)15(22)12-13-6-8-14(25)9-7-13/h6-9,15-17,25H,1-5,10-12,21-22H2,(H,23,26)(H,28,29)/p+1/t15-,16-,17-/m0/s1. The van der Waals surface area contributed by atoms with E-state index >= 15 is 0 Å². The van der Waals surface area contributed by atoms with Gasteiger partial charge < -0.3 is 36.7 Å². The van der Waals surface area contributed by atoms with Crippen LogP contribution in [0.2, 0.25) is 0 Å². The highest BCUT2D eigenvalue weighted by Gasteiger charge is 2.38. The van der Waals surface area contributed by atoms with Gasteiger partial charge in [0.25, 0.3) is 5.91 Å². The molecule has 1 saturated heterocycles. The van der Waals surface area contributed by atoms with E-state index in [0.717, 1.165) is 12.0 Å². The topological polar surface area (TPSA) is 165 Å². The van der Waals surface area contributed by atoms with Crippen molar-refractivity contribution >= 4 is 17.8 Å². The number of rotatable bonds is 10. The largest absolute Gasteiger partial charge is 0.548 e. The number of nitrogens with one attached hydrogen (secondary N) is 1. The van der Waals surface area contributed by atoms with Crippen molar-refractivity contribution in [2.24, 2.45) is 0 Å². The molecule has 2 rings (SSSR count). The second-order valence-electron chi connectivity index (χ2n) is 7.49. The maximum Gasteiger partial charge on any atom is 0.281 e. The predicted molar refractivity (Wildman–Crippen MR) is 102 cm³/mol. The molecule has 1 aliphatic rings. The molecule has 0 bridgehead atoms. The molecule has 0 saturated carbocycles. The van der Waals surface area contributed by atoms with Crippen molar-refractivity contribution in [3.05, 3.63) is 29.8 Å². The van der Waals surface area contributed by atoms with E-state index in [9.17, 15) is 24.6 Å². The summed E-state index contributed by atoms with van der Waals surface area (Å²) in [6, 6.07) is 4.21. The van der Waals surface area contributed by atoms with Gasteiger partial charge in [-0.2, -0.15) is 0 Å². The first kappa shape index (κ1) is 22.6. The van der Waals surface area contributed by atoms with Crippen LogP contribution in [0.4, 0.5) is 0 Å². The highest BCUT2D eigenvalue weighted by Crippen LogP contribution is 2.20.